The molecule has 26 heavy (non-hydrogen) atoms. The lowest BCUT2D eigenvalue weighted by Crippen LogP contribution is -2.28. The number of hydrogen-bond acceptors (Lipinski definition) is 5. The molecule has 0 saturated carbocycles. The van der Waals surface area contributed by atoms with Crippen molar-refractivity contribution in [2.24, 2.45) is 0 Å². The van der Waals surface area contributed by atoms with Gasteiger partial charge >= 0.3 is 0 Å². The Bertz CT molecular complexity index is 514. The molecule has 0 spiro atoms. The second-order valence-corrected chi connectivity index (χ2v) is 6.62. The summed E-state index contributed by atoms with van der Waals surface area (Å²) < 4.78 is 10.0. The molecule has 0 unspecified atom stereocenters. The summed E-state index contributed by atoms with van der Waals surface area (Å²) >= 11 is 0. The van der Waals surface area contributed by atoms with Crippen molar-refractivity contribution in [1.82, 2.24) is 10.6 Å². The van der Waals surface area contributed by atoms with Gasteiger partial charge in [0.25, 0.3) is 0 Å². The third-order valence-corrected chi connectivity index (χ3v) is 4.51. The van der Waals surface area contributed by atoms with Crippen molar-refractivity contribution >= 4 is 11.7 Å². The monoisotopic (exact) mass is 366 g/mol. The maximum absolute atomic E-state index is 11.3. The molecule has 148 valence electrons. The zero-order valence-electron chi connectivity index (χ0n) is 16.6. The van der Waals surface area contributed by atoms with Crippen molar-refractivity contribution in [3.8, 4) is 0 Å². The Morgan fingerprint density at radius 2 is 1.46 bits per heavy atom. The Labute approximate surface area is 157 Å². The van der Waals surface area contributed by atoms with Crippen LogP contribution in [0.25, 0.3) is 0 Å². The minimum absolute atomic E-state index is 0.0293. The third kappa shape index (κ3) is 7.50. The number of carbonyl (C=O) groups is 2. The first-order valence-electron chi connectivity index (χ1n) is 9.67. The lowest BCUT2D eigenvalue weighted by atomic mass is 10.1. The van der Waals surface area contributed by atoms with Crippen molar-refractivity contribution in [2.75, 3.05) is 14.2 Å². The van der Waals surface area contributed by atoms with Crippen LogP contribution < -0.4 is 10.6 Å². The summed E-state index contributed by atoms with van der Waals surface area (Å²) in [7, 11) is 3.18. The molecule has 2 atom stereocenters. The average molecular weight is 367 g/mol. The molecule has 2 rings (SSSR count). The number of nitrogens with one attached hydrogen (secondary N) is 2. The molecule has 0 saturated heterocycles. The van der Waals surface area contributed by atoms with Crippen LogP contribution >= 0.6 is 0 Å². The number of ketones is 1. The first kappa shape index (κ1) is 22.1. The molecule has 0 radical (unpaired) electrons. The average Bonchev–Trinajstić information content (AvgIpc) is 3.18. The number of ether oxygens (including phenoxy) is 2. The number of amides is 1. The van der Waals surface area contributed by atoms with E-state index >= 15 is 0 Å². The second kappa shape index (κ2) is 12.4. The van der Waals surface area contributed by atoms with Crippen LogP contribution in [0, 0.1) is 0 Å². The molecule has 0 bridgehead atoms. The fraction of sp³-hybridized carbons (Fsp3) is 0.700. The van der Waals surface area contributed by atoms with Gasteiger partial charge in [-0.1, -0.05) is 52.4 Å². The standard InChI is InChI=1S/2C10H17NO2/c1-3-4-5-6-8-9(13-2)7-10(12)11-8;1-3-4-5-6-8-9(12)7-10(11-8)13-2/h7-8H,3-6H2,1-2H3,(H,11,12);7-8,11H,3-6H2,1-2H3/t2*8-/m10/s1. The van der Waals surface area contributed by atoms with Gasteiger partial charge in [-0.25, -0.2) is 0 Å². The molecule has 0 aromatic heterocycles. The normalized spacial score (nSPS) is 21.2. The van der Waals surface area contributed by atoms with Gasteiger partial charge in [0.1, 0.15) is 5.76 Å². The van der Waals surface area contributed by atoms with Crippen LogP contribution in [-0.2, 0) is 19.1 Å². The molecular formula is C20H34N2O4. The molecule has 0 fully saturated rings. The van der Waals surface area contributed by atoms with Crippen molar-refractivity contribution in [1.29, 1.82) is 0 Å². The number of rotatable bonds is 10. The smallest absolute Gasteiger partial charge is 0.248 e. The van der Waals surface area contributed by atoms with Gasteiger partial charge in [0.05, 0.1) is 26.3 Å². The van der Waals surface area contributed by atoms with Gasteiger partial charge in [-0.15, -0.1) is 0 Å². The lowest BCUT2D eigenvalue weighted by Gasteiger charge is -2.13. The van der Waals surface area contributed by atoms with Crippen molar-refractivity contribution in [2.45, 2.75) is 77.3 Å². The molecule has 2 N–H and O–H groups in total. The summed E-state index contributed by atoms with van der Waals surface area (Å²) in [4.78, 5) is 22.3. The first-order valence-corrected chi connectivity index (χ1v) is 9.67. The van der Waals surface area contributed by atoms with Gasteiger partial charge in [0.15, 0.2) is 11.7 Å². The summed E-state index contributed by atoms with van der Waals surface area (Å²) in [6.45, 7) is 4.32. The molecular weight excluding hydrogens is 332 g/mol. The summed E-state index contributed by atoms with van der Waals surface area (Å²) in [6.07, 6.45) is 12.0. The SMILES string of the molecule is CCCCC[C@@H]1NC(OC)=CC1=O.CCCCC[C@H]1NC(=O)C=C1OC. The molecule has 0 aromatic rings. The van der Waals surface area contributed by atoms with Crippen LogP contribution in [0.1, 0.15) is 65.2 Å². The summed E-state index contributed by atoms with van der Waals surface area (Å²) in [5.74, 6) is 1.50. The van der Waals surface area contributed by atoms with E-state index in [9.17, 15) is 9.59 Å². The zero-order valence-corrected chi connectivity index (χ0v) is 16.6. The van der Waals surface area contributed by atoms with Crippen LogP contribution in [0.5, 0.6) is 0 Å². The lowest BCUT2D eigenvalue weighted by molar-refractivity contribution is -0.116. The predicted molar refractivity (Wildman–Crippen MR) is 102 cm³/mol. The van der Waals surface area contributed by atoms with E-state index in [1.165, 1.54) is 37.8 Å². The predicted octanol–water partition coefficient (Wildman–Crippen LogP) is 3.19. The van der Waals surface area contributed by atoms with Gasteiger partial charge in [-0.05, 0) is 12.8 Å². The zero-order chi connectivity index (χ0) is 19.4. The molecule has 1 amide bonds. The van der Waals surface area contributed by atoms with Crippen LogP contribution in [-0.4, -0.2) is 38.0 Å². The Morgan fingerprint density at radius 1 is 0.846 bits per heavy atom. The minimum atomic E-state index is -0.0403. The number of carbonyl (C=O) groups excluding carboxylic acids is 2. The van der Waals surface area contributed by atoms with Crippen LogP contribution in [0.3, 0.4) is 0 Å². The van der Waals surface area contributed by atoms with E-state index in [-0.39, 0.29) is 23.8 Å². The largest absolute Gasteiger partial charge is 0.499 e. The van der Waals surface area contributed by atoms with E-state index in [4.69, 9.17) is 9.47 Å². The van der Waals surface area contributed by atoms with Gasteiger partial charge in [0.2, 0.25) is 5.91 Å². The van der Waals surface area contributed by atoms with E-state index < -0.39 is 0 Å². The Morgan fingerprint density at radius 3 is 1.96 bits per heavy atom. The third-order valence-electron chi connectivity index (χ3n) is 4.51. The van der Waals surface area contributed by atoms with Crippen molar-refractivity contribution < 1.29 is 19.1 Å². The van der Waals surface area contributed by atoms with E-state index in [0.29, 0.717) is 5.88 Å². The molecule has 0 aromatic carbocycles. The molecule has 2 aliphatic rings. The molecule has 6 heteroatoms. The van der Waals surface area contributed by atoms with Crippen LogP contribution in [0.2, 0.25) is 0 Å². The Kier molecular flexibility index (Phi) is 10.5. The fourth-order valence-corrected chi connectivity index (χ4v) is 2.97. The maximum Gasteiger partial charge on any atom is 0.248 e. The van der Waals surface area contributed by atoms with E-state index in [0.717, 1.165) is 31.4 Å². The van der Waals surface area contributed by atoms with E-state index in [1.807, 2.05) is 0 Å². The van der Waals surface area contributed by atoms with Gasteiger partial charge in [-0.3, -0.25) is 9.59 Å². The van der Waals surface area contributed by atoms with Gasteiger partial charge in [0, 0.05) is 12.2 Å². The summed E-state index contributed by atoms with van der Waals surface area (Å²) in [5, 5.41) is 5.90. The number of hydrogen-bond donors (Lipinski definition) is 2. The molecule has 0 aliphatic carbocycles. The minimum Gasteiger partial charge on any atom is -0.499 e. The highest BCUT2D eigenvalue weighted by Gasteiger charge is 2.24. The first-order chi connectivity index (χ1) is 12.5. The van der Waals surface area contributed by atoms with Crippen molar-refractivity contribution in [3.63, 3.8) is 0 Å². The van der Waals surface area contributed by atoms with Crippen LogP contribution in [0.15, 0.2) is 23.8 Å². The topological polar surface area (TPSA) is 76.7 Å². The fourth-order valence-electron chi connectivity index (χ4n) is 2.97. The highest BCUT2D eigenvalue weighted by atomic mass is 16.5. The Balaban J connectivity index is 0.000000260. The summed E-state index contributed by atoms with van der Waals surface area (Å²) in [6, 6.07) is 0.0746. The van der Waals surface area contributed by atoms with E-state index in [1.54, 1.807) is 14.2 Å². The maximum atomic E-state index is 11.3. The second-order valence-electron chi connectivity index (χ2n) is 6.62. The van der Waals surface area contributed by atoms with Crippen molar-refractivity contribution in [3.05, 3.63) is 23.8 Å². The Hall–Kier alpha value is -1.98. The van der Waals surface area contributed by atoms with Crippen LogP contribution in [0.4, 0.5) is 0 Å². The molecule has 2 aliphatic heterocycles. The van der Waals surface area contributed by atoms with Gasteiger partial charge in [-0.2, -0.15) is 0 Å². The number of methoxy groups -OCH3 is 2. The number of unbranched alkanes of at least 4 members (excludes halogenated alkanes) is 4. The summed E-state index contributed by atoms with van der Waals surface area (Å²) in [5.41, 5.74) is 0. The highest BCUT2D eigenvalue weighted by Crippen LogP contribution is 2.16. The quantitative estimate of drug-likeness (QED) is 0.581. The van der Waals surface area contributed by atoms with Gasteiger partial charge < -0.3 is 20.1 Å². The molecule has 6 nitrogen and oxygen atoms in total. The van der Waals surface area contributed by atoms with E-state index in [2.05, 4.69) is 24.5 Å². The molecule has 2 heterocycles. The highest BCUT2D eigenvalue weighted by molar-refractivity contribution is 5.97.